The second-order valence-corrected chi connectivity index (χ2v) is 9.52. The number of H-pyrrole nitrogens is 1. The van der Waals surface area contributed by atoms with Crippen molar-refractivity contribution in [3.05, 3.63) is 63.2 Å². The average Bonchev–Trinajstić information content (AvgIpc) is 3.31. The summed E-state index contributed by atoms with van der Waals surface area (Å²) in [5, 5.41) is 4.19. The Morgan fingerprint density at radius 1 is 1.24 bits per heavy atom. The SMILES string of the molecule is Cc1cc(-n2nc3c(c2-n2cc[nH]c2=O)[C@H](C)N(C(=O)OC(C)(C)C)CC3(F)F)cc(C)c1F. The molecular weight excluding hydrogens is 451 g/mol. The molecule has 1 aliphatic heterocycles. The Morgan fingerprint density at radius 2 is 1.85 bits per heavy atom. The van der Waals surface area contributed by atoms with Gasteiger partial charge in [-0.25, -0.2) is 18.7 Å². The van der Waals surface area contributed by atoms with Gasteiger partial charge in [-0.2, -0.15) is 13.9 Å². The molecule has 1 N–H and O–H groups in total. The molecule has 182 valence electrons. The van der Waals surface area contributed by atoms with Crippen LogP contribution < -0.4 is 5.69 Å². The van der Waals surface area contributed by atoms with E-state index >= 15 is 8.78 Å². The molecule has 34 heavy (non-hydrogen) atoms. The summed E-state index contributed by atoms with van der Waals surface area (Å²) in [5.74, 6) is -3.91. The third-order valence-corrected chi connectivity index (χ3v) is 5.67. The lowest BCUT2D eigenvalue weighted by atomic mass is 9.97. The lowest BCUT2D eigenvalue weighted by Gasteiger charge is -2.37. The number of alkyl halides is 2. The molecule has 2 aromatic heterocycles. The molecular formula is C23H26F3N5O3. The van der Waals surface area contributed by atoms with Gasteiger partial charge in [0.25, 0.3) is 0 Å². The third kappa shape index (κ3) is 3.88. The van der Waals surface area contributed by atoms with E-state index in [1.165, 1.54) is 29.2 Å². The predicted molar refractivity (Wildman–Crippen MR) is 118 cm³/mol. The number of aryl methyl sites for hydroxylation is 2. The lowest BCUT2D eigenvalue weighted by Crippen LogP contribution is -2.47. The number of aromatic amines is 1. The first kappa shape index (κ1) is 23.7. The molecule has 3 heterocycles. The van der Waals surface area contributed by atoms with Crippen molar-refractivity contribution in [2.24, 2.45) is 0 Å². The summed E-state index contributed by atoms with van der Waals surface area (Å²) >= 11 is 0. The van der Waals surface area contributed by atoms with Gasteiger partial charge in [-0.3, -0.25) is 9.47 Å². The number of ether oxygens (including phenoxy) is 1. The third-order valence-electron chi connectivity index (χ3n) is 5.67. The van der Waals surface area contributed by atoms with Gasteiger partial charge in [-0.1, -0.05) is 0 Å². The molecule has 1 amide bonds. The summed E-state index contributed by atoms with van der Waals surface area (Å²) in [6, 6.07) is 2.05. The Labute approximate surface area is 193 Å². The van der Waals surface area contributed by atoms with Gasteiger partial charge in [0.05, 0.1) is 18.3 Å². The van der Waals surface area contributed by atoms with E-state index in [0.29, 0.717) is 16.8 Å². The van der Waals surface area contributed by atoms with Gasteiger partial charge in [0.1, 0.15) is 22.9 Å². The monoisotopic (exact) mass is 477 g/mol. The lowest BCUT2D eigenvalue weighted by molar-refractivity contribution is -0.0703. The molecule has 0 aliphatic carbocycles. The van der Waals surface area contributed by atoms with Gasteiger partial charge in [0.15, 0.2) is 0 Å². The van der Waals surface area contributed by atoms with E-state index in [9.17, 15) is 14.0 Å². The normalized spacial score (nSPS) is 17.6. The second-order valence-electron chi connectivity index (χ2n) is 9.52. The average molecular weight is 477 g/mol. The number of aromatic nitrogens is 4. The molecule has 1 aromatic carbocycles. The van der Waals surface area contributed by atoms with E-state index in [0.717, 1.165) is 9.47 Å². The predicted octanol–water partition coefficient (Wildman–Crippen LogP) is 4.51. The Hall–Kier alpha value is -3.50. The number of nitrogens with one attached hydrogen (secondary N) is 1. The van der Waals surface area contributed by atoms with Gasteiger partial charge in [-0.15, -0.1) is 0 Å². The number of carbonyl (C=O) groups excluding carboxylic acids is 1. The quantitative estimate of drug-likeness (QED) is 0.589. The molecule has 0 radical (unpaired) electrons. The van der Waals surface area contributed by atoms with E-state index < -0.39 is 47.4 Å². The Balaban J connectivity index is 1.99. The molecule has 8 nitrogen and oxygen atoms in total. The highest BCUT2D eigenvalue weighted by atomic mass is 19.3. The van der Waals surface area contributed by atoms with Crippen LogP contribution in [0, 0.1) is 19.7 Å². The van der Waals surface area contributed by atoms with Crippen LogP contribution in [0.1, 0.15) is 56.1 Å². The van der Waals surface area contributed by atoms with Gasteiger partial charge >= 0.3 is 17.7 Å². The van der Waals surface area contributed by atoms with Crippen LogP contribution >= 0.6 is 0 Å². The van der Waals surface area contributed by atoms with E-state index in [1.54, 1.807) is 41.5 Å². The van der Waals surface area contributed by atoms with Crippen molar-refractivity contribution in [2.45, 2.75) is 59.1 Å². The molecule has 0 spiro atoms. The summed E-state index contributed by atoms with van der Waals surface area (Å²) in [6.45, 7) is 8.68. The van der Waals surface area contributed by atoms with Gasteiger partial charge in [-0.05, 0) is 64.8 Å². The number of hydrogen-bond acceptors (Lipinski definition) is 4. The first-order valence-corrected chi connectivity index (χ1v) is 10.8. The first-order chi connectivity index (χ1) is 15.7. The Morgan fingerprint density at radius 3 is 2.38 bits per heavy atom. The van der Waals surface area contributed by atoms with Crippen molar-refractivity contribution in [2.75, 3.05) is 6.54 Å². The number of benzene rings is 1. The van der Waals surface area contributed by atoms with Crippen LogP contribution in [0.25, 0.3) is 11.5 Å². The molecule has 1 aliphatic rings. The van der Waals surface area contributed by atoms with Crippen LogP contribution in [0.3, 0.4) is 0 Å². The number of halogens is 3. The van der Waals surface area contributed by atoms with Crippen LogP contribution in [-0.4, -0.2) is 42.5 Å². The zero-order valence-corrected chi connectivity index (χ0v) is 19.7. The number of fused-ring (bicyclic) bond motifs is 1. The first-order valence-electron chi connectivity index (χ1n) is 10.8. The van der Waals surface area contributed by atoms with E-state index in [-0.39, 0.29) is 11.4 Å². The number of rotatable bonds is 2. The standard InChI is InChI=1S/C23H26F3N5O3/c1-12-9-15(10-13(2)17(12)24)31-19(29-8-7-27-20(29)32)16-14(3)30(21(33)34-22(4,5)6)11-23(25,26)18(16)28-31/h7-10,14H,11H2,1-6H3,(H,27,32)/t14-/m0/s1. The largest absolute Gasteiger partial charge is 0.444 e. The zero-order chi connectivity index (χ0) is 25.2. The van der Waals surface area contributed by atoms with Gasteiger partial charge in [0.2, 0.25) is 0 Å². The maximum Gasteiger partial charge on any atom is 0.411 e. The molecule has 11 heteroatoms. The highest BCUT2D eigenvalue weighted by molar-refractivity contribution is 5.70. The summed E-state index contributed by atoms with van der Waals surface area (Å²) < 4.78 is 52.8. The highest BCUT2D eigenvalue weighted by Crippen LogP contribution is 2.45. The molecule has 1 atom stereocenters. The number of nitrogens with zero attached hydrogens (tertiary/aromatic N) is 4. The summed E-state index contributed by atoms with van der Waals surface area (Å²) in [7, 11) is 0. The van der Waals surface area contributed by atoms with Gasteiger partial charge in [0, 0.05) is 18.0 Å². The maximum atomic E-state index is 15.4. The topological polar surface area (TPSA) is 85.2 Å². The number of carbonyl (C=O) groups is 1. The molecule has 3 aromatic rings. The molecule has 4 rings (SSSR count). The second kappa shape index (κ2) is 7.78. The fourth-order valence-electron chi connectivity index (χ4n) is 4.15. The molecule has 0 bridgehead atoms. The molecule has 0 saturated heterocycles. The minimum Gasteiger partial charge on any atom is -0.444 e. The van der Waals surface area contributed by atoms with Crippen LogP contribution in [0.5, 0.6) is 0 Å². The highest BCUT2D eigenvalue weighted by Gasteiger charge is 2.51. The smallest absolute Gasteiger partial charge is 0.411 e. The van der Waals surface area contributed by atoms with Crippen LogP contribution in [-0.2, 0) is 10.7 Å². The number of amides is 1. The van der Waals surface area contributed by atoms with Crippen molar-refractivity contribution in [1.29, 1.82) is 0 Å². The molecule has 0 fully saturated rings. The Bertz CT molecular complexity index is 1310. The minimum absolute atomic E-state index is 0.00319. The van der Waals surface area contributed by atoms with Gasteiger partial charge < -0.3 is 9.72 Å². The molecule has 0 saturated carbocycles. The van der Waals surface area contributed by atoms with E-state index in [4.69, 9.17) is 4.74 Å². The van der Waals surface area contributed by atoms with E-state index in [2.05, 4.69) is 10.1 Å². The van der Waals surface area contributed by atoms with Crippen molar-refractivity contribution >= 4 is 6.09 Å². The van der Waals surface area contributed by atoms with Crippen LogP contribution in [0.2, 0.25) is 0 Å². The van der Waals surface area contributed by atoms with Crippen LogP contribution in [0.4, 0.5) is 18.0 Å². The fourth-order valence-corrected chi connectivity index (χ4v) is 4.15. The number of imidazole rings is 1. The fraction of sp³-hybridized carbons (Fsp3) is 0.435. The van der Waals surface area contributed by atoms with E-state index in [1.807, 2.05) is 0 Å². The van der Waals surface area contributed by atoms with Crippen molar-refractivity contribution in [3.8, 4) is 11.5 Å². The minimum atomic E-state index is -3.53. The Kier molecular flexibility index (Phi) is 5.41. The summed E-state index contributed by atoms with van der Waals surface area (Å²) in [5.41, 5.74) is -1.12. The zero-order valence-electron chi connectivity index (χ0n) is 19.7. The number of hydrogen-bond donors (Lipinski definition) is 1. The van der Waals surface area contributed by atoms with Crippen LogP contribution in [0.15, 0.2) is 29.3 Å². The van der Waals surface area contributed by atoms with Crippen molar-refractivity contribution < 1.29 is 22.7 Å². The summed E-state index contributed by atoms with van der Waals surface area (Å²) in [6.07, 6.45) is 1.85. The molecule has 0 unspecified atom stereocenters. The van der Waals surface area contributed by atoms with Crippen molar-refractivity contribution in [3.63, 3.8) is 0 Å². The summed E-state index contributed by atoms with van der Waals surface area (Å²) in [4.78, 5) is 28.8. The maximum absolute atomic E-state index is 15.4. The van der Waals surface area contributed by atoms with Crippen molar-refractivity contribution in [1.82, 2.24) is 24.2 Å².